The number of hydrogen-bond donors (Lipinski definition) is 2. The SMILES string of the molecule is CC(O)c1ccc(SCC(C)(C)C(=O)O)cc1. The molecule has 3 nitrogen and oxygen atoms in total. The minimum Gasteiger partial charge on any atom is -0.481 e. The third-order valence-corrected chi connectivity index (χ3v) is 4.01. The molecule has 0 spiro atoms. The zero-order chi connectivity index (χ0) is 13.1. The molecule has 1 unspecified atom stereocenters. The van der Waals surface area contributed by atoms with Gasteiger partial charge in [-0.15, -0.1) is 11.8 Å². The maximum absolute atomic E-state index is 10.9. The van der Waals surface area contributed by atoms with Crippen LogP contribution in [0.25, 0.3) is 0 Å². The molecule has 0 amide bonds. The van der Waals surface area contributed by atoms with E-state index in [1.807, 2.05) is 24.3 Å². The summed E-state index contributed by atoms with van der Waals surface area (Å²) in [6.07, 6.45) is -0.468. The van der Waals surface area contributed by atoms with Gasteiger partial charge in [0, 0.05) is 10.6 Å². The fourth-order valence-corrected chi connectivity index (χ4v) is 2.15. The van der Waals surface area contributed by atoms with Gasteiger partial charge in [-0.05, 0) is 38.5 Å². The van der Waals surface area contributed by atoms with Crippen molar-refractivity contribution in [3.8, 4) is 0 Å². The monoisotopic (exact) mass is 254 g/mol. The molecule has 94 valence electrons. The van der Waals surface area contributed by atoms with Gasteiger partial charge in [0.05, 0.1) is 11.5 Å². The Balaban J connectivity index is 2.62. The molecular weight excluding hydrogens is 236 g/mol. The summed E-state index contributed by atoms with van der Waals surface area (Å²) < 4.78 is 0. The Bertz CT molecular complexity index is 382. The highest BCUT2D eigenvalue weighted by molar-refractivity contribution is 7.99. The van der Waals surface area contributed by atoms with Crippen molar-refractivity contribution in [2.45, 2.75) is 31.8 Å². The molecule has 1 aromatic rings. The van der Waals surface area contributed by atoms with Crippen LogP contribution in [0.1, 0.15) is 32.4 Å². The van der Waals surface area contributed by atoms with Crippen molar-refractivity contribution in [1.29, 1.82) is 0 Å². The van der Waals surface area contributed by atoms with Gasteiger partial charge in [-0.2, -0.15) is 0 Å². The van der Waals surface area contributed by atoms with Crippen LogP contribution in [0.5, 0.6) is 0 Å². The lowest BCUT2D eigenvalue weighted by Gasteiger charge is -2.18. The van der Waals surface area contributed by atoms with Gasteiger partial charge in [-0.1, -0.05) is 12.1 Å². The summed E-state index contributed by atoms with van der Waals surface area (Å²) in [4.78, 5) is 12.0. The standard InChI is InChI=1S/C13H18O3S/c1-9(14)10-4-6-11(7-5-10)17-8-13(2,3)12(15)16/h4-7,9,14H,8H2,1-3H3,(H,15,16). The number of rotatable bonds is 5. The van der Waals surface area contributed by atoms with E-state index in [0.717, 1.165) is 10.5 Å². The van der Waals surface area contributed by atoms with Crippen LogP contribution in [0.2, 0.25) is 0 Å². The highest BCUT2D eigenvalue weighted by Gasteiger charge is 2.26. The van der Waals surface area contributed by atoms with Gasteiger partial charge in [0.2, 0.25) is 0 Å². The highest BCUT2D eigenvalue weighted by Crippen LogP contribution is 2.28. The first-order valence-corrected chi connectivity index (χ1v) is 6.46. The molecule has 2 N–H and O–H groups in total. The van der Waals surface area contributed by atoms with Gasteiger partial charge in [-0.3, -0.25) is 4.79 Å². The zero-order valence-corrected chi connectivity index (χ0v) is 11.1. The quantitative estimate of drug-likeness (QED) is 0.793. The fourth-order valence-electron chi connectivity index (χ4n) is 1.17. The second kappa shape index (κ2) is 5.56. The predicted molar refractivity (Wildman–Crippen MR) is 69.2 cm³/mol. The molecule has 0 aliphatic heterocycles. The third kappa shape index (κ3) is 4.06. The highest BCUT2D eigenvalue weighted by atomic mass is 32.2. The Morgan fingerprint density at radius 3 is 2.29 bits per heavy atom. The third-order valence-electron chi connectivity index (χ3n) is 2.54. The van der Waals surface area contributed by atoms with E-state index in [2.05, 4.69) is 0 Å². The van der Waals surface area contributed by atoms with Gasteiger partial charge in [0.1, 0.15) is 0 Å². The van der Waals surface area contributed by atoms with Crippen LogP contribution in [0.15, 0.2) is 29.2 Å². The number of carboxylic acids is 1. The second-order valence-electron chi connectivity index (χ2n) is 4.72. The van der Waals surface area contributed by atoms with Gasteiger partial charge >= 0.3 is 5.97 Å². The van der Waals surface area contributed by atoms with E-state index in [1.54, 1.807) is 20.8 Å². The second-order valence-corrected chi connectivity index (χ2v) is 5.77. The number of hydrogen-bond acceptors (Lipinski definition) is 3. The molecular formula is C13H18O3S. The van der Waals surface area contributed by atoms with Crippen LogP contribution < -0.4 is 0 Å². The zero-order valence-electron chi connectivity index (χ0n) is 10.3. The van der Waals surface area contributed by atoms with Gasteiger partial charge in [-0.25, -0.2) is 0 Å². The molecule has 0 heterocycles. The van der Waals surface area contributed by atoms with Crippen LogP contribution in [0.3, 0.4) is 0 Å². The average Bonchev–Trinajstić information content (AvgIpc) is 2.27. The topological polar surface area (TPSA) is 57.5 Å². The molecule has 0 aliphatic carbocycles. The van der Waals surface area contributed by atoms with Crippen molar-refractivity contribution in [2.24, 2.45) is 5.41 Å². The lowest BCUT2D eigenvalue weighted by molar-refractivity contribution is -0.145. The van der Waals surface area contributed by atoms with E-state index in [4.69, 9.17) is 5.11 Å². The number of aliphatic hydroxyl groups excluding tert-OH is 1. The molecule has 0 bridgehead atoms. The van der Waals surface area contributed by atoms with Gasteiger partial charge in [0.25, 0.3) is 0 Å². The van der Waals surface area contributed by atoms with Gasteiger partial charge in [0.15, 0.2) is 0 Å². The van der Waals surface area contributed by atoms with Crippen LogP contribution in [-0.4, -0.2) is 21.9 Å². The van der Waals surface area contributed by atoms with Crippen LogP contribution in [0.4, 0.5) is 0 Å². The summed E-state index contributed by atoms with van der Waals surface area (Å²) >= 11 is 1.51. The Kier molecular flexibility index (Phi) is 4.60. The van der Waals surface area contributed by atoms with Crippen LogP contribution >= 0.6 is 11.8 Å². The van der Waals surface area contributed by atoms with Gasteiger partial charge < -0.3 is 10.2 Å². The molecule has 4 heteroatoms. The van der Waals surface area contributed by atoms with Crippen molar-refractivity contribution >= 4 is 17.7 Å². The summed E-state index contributed by atoms with van der Waals surface area (Å²) in [6, 6.07) is 7.54. The lowest BCUT2D eigenvalue weighted by atomic mass is 9.97. The minimum atomic E-state index is -0.786. The van der Waals surface area contributed by atoms with E-state index in [-0.39, 0.29) is 0 Å². The van der Waals surface area contributed by atoms with E-state index < -0.39 is 17.5 Å². The smallest absolute Gasteiger partial charge is 0.309 e. The first-order chi connectivity index (χ1) is 7.83. The number of thioether (sulfide) groups is 1. The first-order valence-electron chi connectivity index (χ1n) is 5.47. The molecule has 1 atom stereocenters. The summed E-state index contributed by atoms with van der Waals surface area (Å²) in [7, 11) is 0. The largest absolute Gasteiger partial charge is 0.481 e. The molecule has 1 rings (SSSR count). The summed E-state index contributed by atoms with van der Waals surface area (Å²) in [5.74, 6) is -0.262. The molecule has 0 radical (unpaired) electrons. The van der Waals surface area contributed by atoms with Crippen molar-refractivity contribution in [2.75, 3.05) is 5.75 Å². The molecule has 0 saturated carbocycles. The summed E-state index contributed by atoms with van der Waals surface area (Å²) in [6.45, 7) is 5.15. The van der Waals surface area contributed by atoms with Crippen LogP contribution in [0, 0.1) is 5.41 Å². The number of aliphatic carboxylic acids is 1. The number of aliphatic hydroxyl groups is 1. The van der Waals surface area contributed by atoms with E-state index in [0.29, 0.717) is 5.75 Å². The first kappa shape index (κ1) is 14.1. The maximum Gasteiger partial charge on any atom is 0.309 e. The molecule has 1 aromatic carbocycles. The minimum absolute atomic E-state index is 0.468. The molecule has 0 fully saturated rings. The lowest BCUT2D eigenvalue weighted by Crippen LogP contribution is -2.26. The Hall–Kier alpha value is -1.00. The van der Waals surface area contributed by atoms with Crippen molar-refractivity contribution in [3.63, 3.8) is 0 Å². The molecule has 0 aliphatic rings. The Morgan fingerprint density at radius 1 is 1.35 bits per heavy atom. The molecule has 0 saturated heterocycles. The predicted octanol–water partition coefficient (Wildman–Crippen LogP) is 2.94. The Morgan fingerprint density at radius 2 is 1.88 bits per heavy atom. The van der Waals surface area contributed by atoms with E-state index in [9.17, 15) is 9.90 Å². The van der Waals surface area contributed by atoms with Crippen molar-refractivity contribution in [3.05, 3.63) is 29.8 Å². The summed E-state index contributed by atoms with van der Waals surface area (Å²) in [5, 5.41) is 18.4. The van der Waals surface area contributed by atoms with E-state index >= 15 is 0 Å². The Labute approximate surface area is 106 Å². The van der Waals surface area contributed by atoms with Crippen LogP contribution in [-0.2, 0) is 4.79 Å². The molecule has 0 aromatic heterocycles. The molecule has 17 heavy (non-hydrogen) atoms. The fraction of sp³-hybridized carbons (Fsp3) is 0.462. The average molecular weight is 254 g/mol. The number of carbonyl (C=O) groups is 1. The maximum atomic E-state index is 10.9. The normalized spacial score (nSPS) is 13.4. The van der Waals surface area contributed by atoms with E-state index in [1.165, 1.54) is 11.8 Å². The number of benzene rings is 1. The number of carboxylic acid groups (broad SMARTS) is 1. The van der Waals surface area contributed by atoms with Crippen molar-refractivity contribution in [1.82, 2.24) is 0 Å². The van der Waals surface area contributed by atoms with Crippen molar-refractivity contribution < 1.29 is 15.0 Å². The summed E-state index contributed by atoms with van der Waals surface area (Å²) in [5.41, 5.74) is 0.139.